The molecule has 2 rings (SSSR count). The van der Waals surface area contributed by atoms with E-state index in [1.807, 2.05) is 0 Å². The van der Waals surface area contributed by atoms with Gasteiger partial charge in [-0.1, -0.05) is 6.92 Å². The lowest BCUT2D eigenvalue weighted by molar-refractivity contribution is -0.144. The number of aryl methyl sites for hydroxylation is 1. The average Bonchev–Trinajstić information content (AvgIpc) is 2.73. The van der Waals surface area contributed by atoms with Gasteiger partial charge in [0.1, 0.15) is 17.4 Å². The van der Waals surface area contributed by atoms with E-state index in [1.165, 1.54) is 6.07 Å². The normalized spacial score (nSPS) is 22.3. The molecule has 0 radical (unpaired) electrons. The highest BCUT2D eigenvalue weighted by molar-refractivity contribution is 6.63. The number of ketones is 3. The third-order valence-corrected chi connectivity index (χ3v) is 5.43. The first kappa shape index (κ1) is 24.5. The van der Waals surface area contributed by atoms with Crippen LogP contribution in [0.15, 0.2) is 12.1 Å². The zero-order valence-corrected chi connectivity index (χ0v) is 17.7. The number of aromatic hydroxyl groups is 1. The van der Waals surface area contributed by atoms with Gasteiger partial charge in [-0.2, -0.15) is 0 Å². The van der Waals surface area contributed by atoms with Gasteiger partial charge in [0.05, 0.1) is 12.7 Å². The maximum absolute atomic E-state index is 12.8. The summed E-state index contributed by atoms with van der Waals surface area (Å²) in [5.41, 5.74) is 0.769. The molecule has 9 heteroatoms. The first-order valence-electron chi connectivity index (χ1n) is 10.3. The van der Waals surface area contributed by atoms with Crippen LogP contribution in [-0.2, 0) is 25.5 Å². The Balaban J connectivity index is 2.36. The molecule has 0 amide bonds. The molecule has 170 valence electrons. The minimum atomic E-state index is -1.01. The molecule has 0 aromatic heterocycles. The van der Waals surface area contributed by atoms with Crippen LogP contribution < -0.4 is 5.32 Å². The topological polar surface area (TPSA) is 150 Å². The number of carbonyl (C=O) groups excluding carboxylic acids is 4. The van der Waals surface area contributed by atoms with Crippen LogP contribution in [0, 0.1) is 5.92 Å². The molecule has 1 unspecified atom stereocenters. The summed E-state index contributed by atoms with van der Waals surface area (Å²) < 4.78 is 5.50. The number of benzene rings is 1. The maximum Gasteiger partial charge on any atom is 0.342 e. The molecular formula is C22H29NO8. The molecular weight excluding hydrogens is 406 g/mol. The minimum Gasteiger partial charge on any atom is -0.507 e. The van der Waals surface area contributed by atoms with Gasteiger partial charge >= 0.3 is 5.97 Å². The van der Waals surface area contributed by atoms with E-state index in [2.05, 4.69) is 5.32 Å². The Hall–Kier alpha value is -2.78. The van der Waals surface area contributed by atoms with E-state index in [0.717, 1.165) is 0 Å². The van der Waals surface area contributed by atoms with E-state index >= 15 is 0 Å². The molecule has 3 atom stereocenters. The van der Waals surface area contributed by atoms with Gasteiger partial charge in [0.2, 0.25) is 11.6 Å². The van der Waals surface area contributed by atoms with Crippen molar-refractivity contribution in [2.45, 2.75) is 58.2 Å². The number of phenols is 1. The number of aliphatic hydroxyl groups is 2. The molecule has 1 aliphatic rings. The summed E-state index contributed by atoms with van der Waals surface area (Å²) in [6.45, 7) is 3.00. The number of cyclic esters (lactones) is 1. The molecule has 0 saturated heterocycles. The van der Waals surface area contributed by atoms with Crippen molar-refractivity contribution in [3.05, 3.63) is 23.3 Å². The van der Waals surface area contributed by atoms with Crippen LogP contribution in [0.5, 0.6) is 5.75 Å². The average molecular weight is 435 g/mol. The molecule has 1 aromatic carbocycles. The standard InChI is InChI=1S/C22H29NO8/c1-12-6-7-18(27)21(29)17(26)5-3-4-14-8-15(23-10-16(25)11-24)9-19(28)20(14)22(30)31-13(12)2/h8-9,12-13,16,23-25,28H,3-7,10-11H2,1-2H3/t12-,13+,16?/m1/s1. The predicted octanol–water partition coefficient (Wildman–Crippen LogP) is 1.16. The number of fused-ring (bicyclic) bond motifs is 1. The number of aliphatic hydroxyl groups excluding tert-OH is 2. The van der Waals surface area contributed by atoms with Crippen LogP contribution in [0.2, 0.25) is 0 Å². The van der Waals surface area contributed by atoms with Gasteiger partial charge < -0.3 is 25.4 Å². The van der Waals surface area contributed by atoms with Gasteiger partial charge in [-0.3, -0.25) is 14.4 Å². The summed E-state index contributed by atoms with van der Waals surface area (Å²) in [4.78, 5) is 48.9. The highest BCUT2D eigenvalue weighted by Gasteiger charge is 2.27. The van der Waals surface area contributed by atoms with Crippen LogP contribution in [-0.4, -0.2) is 64.0 Å². The Bertz CT molecular complexity index is 850. The first-order chi connectivity index (χ1) is 14.6. The largest absolute Gasteiger partial charge is 0.507 e. The van der Waals surface area contributed by atoms with Crippen molar-refractivity contribution in [1.29, 1.82) is 0 Å². The van der Waals surface area contributed by atoms with E-state index in [-0.39, 0.29) is 55.9 Å². The van der Waals surface area contributed by atoms with Crippen molar-refractivity contribution in [2.75, 3.05) is 18.5 Å². The zero-order chi connectivity index (χ0) is 23.1. The van der Waals surface area contributed by atoms with Crippen molar-refractivity contribution < 1.29 is 39.2 Å². The molecule has 9 nitrogen and oxygen atoms in total. The van der Waals surface area contributed by atoms with Crippen LogP contribution in [0.25, 0.3) is 0 Å². The maximum atomic E-state index is 12.8. The highest BCUT2D eigenvalue weighted by atomic mass is 16.5. The molecule has 0 bridgehead atoms. The molecule has 0 spiro atoms. The van der Waals surface area contributed by atoms with E-state index < -0.39 is 42.1 Å². The number of rotatable bonds is 4. The molecule has 1 heterocycles. The Morgan fingerprint density at radius 2 is 1.77 bits per heavy atom. The Morgan fingerprint density at radius 1 is 1.10 bits per heavy atom. The van der Waals surface area contributed by atoms with Crippen molar-refractivity contribution in [2.24, 2.45) is 5.92 Å². The van der Waals surface area contributed by atoms with E-state index in [0.29, 0.717) is 11.3 Å². The number of ether oxygens (including phenoxy) is 1. The van der Waals surface area contributed by atoms with Gasteiger partial charge in [-0.05, 0) is 43.7 Å². The fraction of sp³-hybridized carbons (Fsp3) is 0.545. The lowest BCUT2D eigenvalue weighted by Gasteiger charge is -2.22. The number of anilines is 1. The predicted molar refractivity (Wildman–Crippen MR) is 111 cm³/mol. The van der Waals surface area contributed by atoms with Gasteiger partial charge in [-0.15, -0.1) is 0 Å². The van der Waals surface area contributed by atoms with Gasteiger partial charge in [0.15, 0.2) is 0 Å². The summed E-state index contributed by atoms with van der Waals surface area (Å²) in [5, 5.41) is 31.8. The zero-order valence-electron chi connectivity index (χ0n) is 17.7. The van der Waals surface area contributed by atoms with Crippen molar-refractivity contribution in [3.63, 3.8) is 0 Å². The van der Waals surface area contributed by atoms with Gasteiger partial charge in [0, 0.05) is 31.1 Å². The second-order valence-corrected chi connectivity index (χ2v) is 7.90. The molecule has 4 N–H and O–H groups in total. The van der Waals surface area contributed by atoms with Gasteiger partial charge in [-0.25, -0.2) is 4.79 Å². The third kappa shape index (κ3) is 6.60. The molecule has 0 aliphatic carbocycles. The summed E-state index contributed by atoms with van der Waals surface area (Å²) >= 11 is 0. The van der Waals surface area contributed by atoms with E-state index in [1.54, 1.807) is 19.9 Å². The monoisotopic (exact) mass is 435 g/mol. The van der Waals surface area contributed by atoms with Crippen molar-refractivity contribution >= 4 is 29.0 Å². The molecule has 31 heavy (non-hydrogen) atoms. The molecule has 0 fully saturated rings. The third-order valence-electron chi connectivity index (χ3n) is 5.43. The van der Waals surface area contributed by atoms with Crippen molar-refractivity contribution in [1.82, 2.24) is 0 Å². The first-order valence-corrected chi connectivity index (χ1v) is 10.3. The lowest BCUT2D eigenvalue weighted by atomic mass is 9.94. The molecule has 1 aromatic rings. The number of carbonyl (C=O) groups is 4. The fourth-order valence-electron chi connectivity index (χ4n) is 3.28. The van der Waals surface area contributed by atoms with Crippen LogP contribution in [0.3, 0.4) is 0 Å². The van der Waals surface area contributed by atoms with Crippen LogP contribution in [0.1, 0.15) is 55.5 Å². The number of hydrogen-bond donors (Lipinski definition) is 4. The van der Waals surface area contributed by atoms with E-state index in [4.69, 9.17) is 9.84 Å². The second kappa shape index (κ2) is 11.0. The molecule has 0 saturated carbocycles. The molecule has 1 aliphatic heterocycles. The number of esters is 1. The Morgan fingerprint density at radius 3 is 2.45 bits per heavy atom. The number of phenolic OH excluding ortho intramolecular Hbond substituents is 1. The van der Waals surface area contributed by atoms with Crippen molar-refractivity contribution in [3.8, 4) is 5.75 Å². The summed E-state index contributed by atoms with van der Waals surface area (Å²) in [7, 11) is 0. The number of hydrogen-bond acceptors (Lipinski definition) is 9. The minimum absolute atomic E-state index is 0.0167. The lowest BCUT2D eigenvalue weighted by Crippen LogP contribution is -2.27. The second-order valence-electron chi connectivity index (χ2n) is 7.90. The quantitative estimate of drug-likeness (QED) is 0.403. The number of nitrogens with one attached hydrogen (secondary N) is 1. The number of Topliss-reactive ketones (excluding diaryl/α,β-unsaturated/α-hetero) is 3. The smallest absolute Gasteiger partial charge is 0.342 e. The summed E-state index contributed by atoms with van der Waals surface area (Å²) in [6.07, 6.45) is -1.21. The summed E-state index contributed by atoms with van der Waals surface area (Å²) in [6, 6.07) is 2.90. The SMILES string of the molecule is C[C@@H]1CCC(=O)C(=O)C(=O)CCCc2cc(NCC(O)CO)cc(O)c2C(=O)O[C@H]1C. The van der Waals surface area contributed by atoms with Crippen LogP contribution in [0.4, 0.5) is 5.69 Å². The Labute approximate surface area is 180 Å². The van der Waals surface area contributed by atoms with Gasteiger partial charge in [0.25, 0.3) is 5.78 Å². The Kier molecular flexibility index (Phi) is 8.70. The highest BCUT2D eigenvalue weighted by Crippen LogP contribution is 2.30. The fourth-order valence-corrected chi connectivity index (χ4v) is 3.28. The van der Waals surface area contributed by atoms with E-state index in [9.17, 15) is 29.4 Å². The van der Waals surface area contributed by atoms with Crippen LogP contribution >= 0.6 is 0 Å². The summed E-state index contributed by atoms with van der Waals surface area (Å²) in [5.74, 6) is -3.81.